The molecule has 2 aliphatic rings. The van der Waals surface area contributed by atoms with E-state index in [0.29, 0.717) is 12.5 Å². The number of amides is 1. The van der Waals surface area contributed by atoms with Crippen LogP contribution in [0.25, 0.3) is 0 Å². The first-order valence-corrected chi connectivity index (χ1v) is 3.86. The fraction of sp³-hybridized carbons (Fsp3) is 0.857. The first kappa shape index (κ1) is 6.91. The van der Waals surface area contributed by atoms with Crippen LogP contribution < -0.4 is 5.11 Å². The lowest BCUT2D eigenvalue weighted by Gasteiger charge is -2.47. The zero-order chi connectivity index (χ0) is 8.01. The predicted molar refractivity (Wildman–Crippen MR) is 34.6 cm³/mol. The molecule has 1 aliphatic carbocycles. The van der Waals surface area contributed by atoms with Crippen LogP contribution in [-0.2, 0) is 0 Å². The van der Waals surface area contributed by atoms with Crippen LogP contribution in [0.4, 0.5) is 4.79 Å². The Labute approximate surface area is 64.4 Å². The molecule has 0 aromatic carbocycles. The smallest absolute Gasteiger partial charge is 0.137 e. The van der Waals surface area contributed by atoms with Gasteiger partial charge in [-0.2, -0.15) is 0 Å². The number of aliphatic hydroxyl groups is 1. The summed E-state index contributed by atoms with van der Waals surface area (Å²) in [7, 11) is 0. The largest absolute Gasteiger partial charge is 0.530 e. The van der Waals surface area contributed by atoms with E-state index in [1.807, 2.05) is 0 Å². The van der Waals surface area contributed by atoms with Gasteiger partial charge >= 0.3 is 0 Å². The molecule has 3 atom stereocenters. The standard InChI is InChI=1S/C7H11NO3/c9-5-2-1-4-3-8(6(4)5)7(10)11/h4-6,9H,1-3H2,(H,10,11)/p-1. The molecule has 0 bridgehead atoms. The summed E-state index contributed by atoms with van der Waals surface area (Å²) >= 11 is 0. The quantitative estimate of drug-likeness (QED) is 0.478. The first-order chi connectivity index (χ1) is 5.20. The maximum absolute atomic E-state index is 10.4. The lowest BCUT2D eigenvalue weighted by Crippen LogP contribution is -2.63. The number of fused-ring (bicyclic) bond motifs is 1. The van der Waals surface area contributed by atoms with Gasteiger partial charge in [0.15, 0.2) is 0 Å². The van der Waals surface area contributed by atoms with Gasteiger partial charge in [-0.15, -0.1) is 0 Å². The molecule has 62 valence electrons. The third kappa shape index (κ3) is 0.822. The maximum Gasteiger partial charge on any atom is 0.137 e. The van der Waals surface area contributed by atoms with Crippen LogP contribution >= 0.6 is 0 Å². The first-order valence-electron chi connectivity index (χ1n) is 3.86. The Morgan fingerprint density at radius 1 is 1.55 bits per heavy atom. The van der Waals surface area contributed by atoms with Crippen LogP contribution in [0.3, 0.4) is 0 Å². The molecule has 11 heavy (non-hydrogen) atoms. The van der Waals surface area contributed by atoms with Gasteiger partial charge in [-0.3, -0.25) is 0 Å². The summed E-state index contributed by atoms with van der Waals surface area (Å²) in [4.78, 5) is 11.6. The SMILES string of the molecule is O=C([O-])N1CC2CCC(O)C21. The highest BCUT2D eigenvalue weighted by molar-refractivity contribution is 5.64. The zero-order valence-corrected chi connectivity index (χ0v) is 6.06. The fourth-order valence-electron chi connectivity index (χ4n) is 2.13. The number of nitrogens with zero attached hydrogens (tertiary/aromatic N) is 1. The van der Waals surface area contributed by atoms with Gasteiger partial charge in [-0.1, -0.05) is 0 Å². The second-order valence-corrected chi connectivity index (χ2v) is 3.31. The number of rotatable bonds is 0. The van der Waals surface area contributed by atoms with Gasteiger partial charge in [-0.05, 0) is 18.8 Å². The molecule has 1 saturated carbocycles. The van der Waals surface area contributed by atoms with E-state index in [2.05, 4.69) is 0 Å². The number of carboxylic acid groups (broad SMARTS) is 1. The second kappa shape index (κ2) is 2.11. The van der Waals surface area contributed by atoms with E-state index in [9.17, 15) is 15.0 Å². The van der Waals surface area contributed by atoms with Crippen molar-refractivity contribution in [3.05, 3.63) is 0 Å². The highest BCUT2D eigenvalue weighted by atomic mass is 16.4. The minimum absolute atomic E-state index is 0.153. The molecule has 0 aromatic heterocycles. The summed E-state index contributed by atoms with van der Waals surface area (Å²) < 4.78 is 0. The van der Waals surface area contributed by atoms with Gasteiger partial charge in [0.2, 0.25) is 0 Å². The second-order valence-electron chi connectivity index (χ2n) is 3.31. The number of carbonyl (C=O) groups excluding carboxylic acids is 1. The summed E-state index contributed by atoms with van der Waals surface area (Å²) in [6.07, 6.45) is 0.0909. The molecule has 2 rings (SSSR count). The van der Waals surface area contributed by atoms with Crippen LogP contribution in [0.2, 0.25) is 0 Å². The Kier molecular flexibility index (Phi) is 1.32. The molecule has 1 heterocycles. The molecule has 0 aromatic rings. The Morgan fingerprint density at radius 3 is 2.82 bits per heavy atom. The number of hydrogen-bond donors (Lipinski definition) is 1. The van der Waals surface area contributed by atoms with Crippen molar-refractivity contribution >= 4 is 6.09 Å². The van der Waals surface area contributed by atoms with Crippen molar-refractivity contribution in [1.29, 1.82) is 0 Å². The summed E-state index contributed by atoms with van der Waals surface area (Å²) in [6, 6.07) is -0.153. The Hall–Kier alpha value is -0.770. The van der Waals surface area contributed by atoms with Crippen molar-refractivity contribution in [3.8, 4) is 0 Å². The monoisotopic (exact) mass is 156 g/mol. The Morgan fingerprint density at radius 2 is 2.27 bits per heavy atom. The molecule has 1 amide bonds. The molecule has 0 radical (unpaired) electrons. The fourth-order valence-corrected chi connectivity index (χ4v) is 2.13. The molecule has 1 saturated heterocycles. The summed E-state index contributed by atoms with van der Waals surface area (Å²) in [5.74, 6) is 0.392. The van der Waals surface area contributed by atoms with Crippen molar-refractivity contribution in [3.63, 3.8) is 0 Å². The molecular formula is C7H10NO3-. The molecule has 2 fully saturated rings. The average Bonchev–Trinajstić information content (AvgIpc) is 2.06. The molecule has 1 aliphatic heterocycles. The van der Waals surface area contributed by atoms with Gasteiger partial charge in [0.1, 0.15) is 6.09 Å². The highest BCUT2D eigenvalue weighted by Crippen LogP contribution is 2.38. The van der Waals surface area contributed by atoms with Gasteiger partial charge in [0.05, 0.1) is 12.1 Å². The molecule has 4 heteroatoms. The average molecular weight is 156 g/mol. The van der Waals surface area contributed by atoms with Crippen molar-refractivity contribution < 1.29 is 15.0 Å². The van der Waals surface area contributed by atoms with Crippen LogP contribution in [0, 0.1) is 5.92 Å². The van der Waals surface area contributed by atoms with E-state index in [-0.39, 0.29) is 6.04 Å². The Bertz CT molecular complexity index is 188. The van der Waals surface area contributed by atoms with Crippen molar-refractivity contribution in [2.24, 2.45) is 5.92 Å². The summed E-state index contributed by atoms with van der Waals surface area (Å²) in [6.45, 7) is 0.560. The van der Waals surface area contributed by atoms with Gasteiger partial charge < -0.3 is 19.9 Å². The van der Waals surface area contributed by atoms with E-state index < -0.39 is 12.2 Å². The maximum atomic E-state index is 10.4. The van der Waals surface area contributed by atoms with Crippen LogP contribution in [-0.4, -0.2) is 34.8 Å². The van der Waals surface area contributed by atoms with Crippen LogP contribution in [0.1, 0.15) is 12.8 Å². The van der Waals surface area contributed by atoms with Crippen molar-refractivity contribution in [2.75, 3.05) is 6.54 Å². The molecule has 4 nitrogen and oxygen atoms in total. The minimum Gasteiger partial charge on any atom is -0.530 e. The third-order valence-electron chi connectivity index (χ3n) is 2.74. The predicted octanol–water partition coefficient (Wildman–Crippen LogP) is -1.22. The number of hydrogen-bond acceptors (Lipinski definition) is 3. The van der Waals surface area contributed by atoms with Crippen LogP contribution in [0.5, 0.6) is 0 Å². The third-order valence-corrected chi connectivity index (χ3v) is 2.74. The lowest BCUT2D eigenvalue weighted by molar-refractivity contribution is -0.277. The van der Waals surface area contributed by atoms with Crippen LogP contribution in [0.15, 0.2) is 0 Å². The van der Waals surface area contributed by atoms with Crippen molar-refractivity contribution in [1.82, 2.24) is 4.90 Å². The molecule has 0 spiro atoms. The van der Waals surface area contributed by atoms with E-state index in [4.69, 9.17) is 0 Å². The zero-order valence-electron chi connectivity index (χ0n) is 6.06. The number of carbonyl (C=O) groups is 1. The van der Waals surface area contributed by atoms with Gasteiger partial charge in [-0.25, -0.2) is 0 Å². The van der Waals surface area contributed by atoms with Crippen molar-refractivity contribution in [2.45, 2.75) is 25.0 Å². The normalized spacial score (nSPS) is 41.5. The number of likely N-dealkylation sites (tertiary alicyclic amines) is 1. The number of aliphatic hydroxyl groups excluding tert-OH is 1. The van der Waals surface area contributed by atoms with Gasteiger partial charge in [0, 0.05) is 6.54 Å². The van der Waals surface area contributed by atoms with Gasteiger partial charge in [0.25, 0.3) is 0 Å². The highest BCUT2D eigenvalue weighted by Gasteiger charge is 2.47. The van der Waals surface area contributed by atoms with E-state index >= 15 is 0 Å². The minimum atomic E-state index is -1.15. The molecular weight excluding hydrogens is 146 g/mol. The van der Waals surface area contributed by atoms with E-state index in [1.54, 1.807) is 0 Å². The summed E-state index contributed by atoms with van der Waals surface area (Å²) in [5.41, 5.74) is 0. The molecule has 3 unspecified atom stereocenters. The summed E-state index contributed by atoms with van der Waals surface area (Å²) in [5, 5.41) is 19.7. The Balaban J connectivity index is 2.05. The van der Waals surface area contributed by atoms with E-state index in [1.165, 1.54) is 4.90 Å². The topological polar surface area (TPSA) is 63.6 Å². The lowest BCUT2D eigenvalue weighted by atomic mass is 9.92. The van der Waals surface area contributed by atoms with E-state index in [0.717, 1.165) is 12.8 Å². The molecule has 1 N–H and O–H groups in total.